The number of nitrogens with two attached hydrogens (primary N) is 1. The summed E-state index contributed by atoms with van der Waals surface area (Å²) in [7, 11) is 1.41. The van der Waals surface area contributed by atoms with Crippen LogP contribution in [0.25, 0.3) is 0 Å². The van der Waals surface area contributed by atoms with Gasteiger partial charge in [0.1, 0.15) is 35.2 Å². The first-order chi connectivity index (χ1) is 15.5. The molecule has 180 valence electrons. The average Bonchev–Trinajstić information content (AvgIpc) is 2.71. The number of nitrogen functional groups attached to an aromatic ring is 1. The number of likely N-dealkylation sites (tertiary alicyclic amines) is 1. The molecule has 12 heteroatoms. The summed E-state index contributed by atoms with van der Waals surface area (Å²) in [6.07, 6.45) is -2.48. The van der Waals surface area contributed by atoms with Crippen molar-refractivity contribution in [2.24, 2.45) is 0 Å². The number of rotatable bonds is 9. The monoisotopic (exact) mass is 486 g/mol. The fourth-order valence-electron chi connectivity index (χ4n) is 4.00. The maximum absolute atomic E-state index is 15.0. The first-order valence-electron chi connectivity index (χ1n) is 10.2. The molecule has 1 saturated heterocycles. The lowest BCUT2D eigenvalue weighted by Gasteiger charge is -2.41. The first-order valence-corrected chi connectivity index (χ1v) is 10.6. The van der Waals surface area contributed by atoms with Gasteiger partial charge in [-0.3, -0.25) is 10.3 Å². The van der Waals surface area contributed by atoms with Crippen LogP contribution >= 0.6 is 11.6 Å². The van der Waals surface area contributed by atoms with Crippen molar-refractivity contribution in [2.45, 2.75) is 38.3 Å². The summed E-state index contributed by atoms with van der Waals surface area (Å²) in [5.41, 5.74) is 5.21. The number of aromatic nitrogens is 2. The third kappa shape index (κ3) is 5.15. The highest BCUT2D eigenvalue weighted by molar-refractivity contribution is 6.31. The Hall–Kier alpha value is -2.63. The Morgan fingerprint density at radius 1 is 1.39 bits per heavy atom. The summed E-state index contributed by atoms with van der Waals surface area (Å²) in [4.78, 5) is 9.66. The Balaban J connectivity index is 1.95. The second-order valence-electron chi connectivity index (χ2n) is 8.04. The molecule has 1 aromatic heterocycles. The van der Waals surface area contributed by atoms with Gasteiger partial charge >= 0.3 is 0 Å². The van der Waals surface area contributed by atoms with Crippen molar-refractivity contribution >= 4 is 28.9 Å². The van der Waals surface area contributed by atoms with Crippen LogP contribution in [0, 0.1) is 11.2 Å². The number of nitrogens with one attached hydrogen (secondary N) is 2. The third-order valence-corrected chi connectivity index (χ3v) is 5.79. The summed E-state index contributed by atoms with van der Waals surface area (Å²) < 4.78 is 47.0. The van der Waals surface area contributed by atoms with Gasteiger partial charge in [-0.1, -0.05) is 11.6 Å². The summed E-state index contributed by atoms with van der Waals surface area (Å²) in [6, 6.07) is 0.787. The molecule has 0 bridgehead atoms. The molecular formula is C21H26ClF3N6O2. The standard InChI is InChI=1S/C21H26ClF3N6O2/c1-9(32)5-31-6-11(7-31)14-16(23)13(22)4-12(18(14)33-3)10(2)30-21-15(17(26)19(24)25)20(27)28-8-29-21/h4,8-11,19,26,32H,5-7H2,1-3H3,(H3,27,28,29,30)/t9-,10?/m0/s1. The largest absolute Gasteiger partial charge is 0.496 e. The van der Waals surface area contributed by atoms with Gasteiger partial charge in [0.05, 0.1) is 29.8 Å². The molecule has 2 heterocycles. The van der Waals surface area contributed by atoms with E-state index in [2.05, 4.69) is 15.3 Å². The molecule has 0 spiro atoms. The quantitative estimate of drug-likeness (QED) is 0.401. The Labute approximate surface area is 194 Å². The summed E-state index contributed by atoms with van der Waals surface area (Å²) >= 11 is 6.20. The van der Waals surface area contributed by atoms with Crippen molar-refractivity contribution in [3.05, 3.63) is 39.9 Å². The van der Waals surface area contributed by atoms with Crippen molar-refractivity contribution in [1.29, 1.82) is 5.41 Å². The van der Waals surface area contributed by atoms with Crippen LogP contribution in [0.5, 0.6) is 5.75 Å². The molecule has 0 aliphatic carbocycles. The van der Waals surface area contributed by atoms with Gasteiger partial charge in [0.25, 0.3) is 6.43 Å². The van der Waals surface area contributed by atoms with E-state index in [1.165, 1.54) is 13.2 Å². The predicted octanol–water partition coefficient (Wildman–Crippen LogP) is 3.45. The van der Waals surface area contributed by atoms with Crippen LogP contribution in [0.4, 0.5) is 24.8 Å². The SMILES string of the molecule is COc1c(C(C)Nc2ncnc(N)c2C(=N)C(F)F)cc(Cl)c(F)c1C1CN(C[C@H](C)O)C1. The van der Waals surface area contributed by atoms with Gasteiger partial charge in [-0.2, -0.15) is 0 Å². The molecule has 33 heavy (non-hydrogen) atoms. The van der Waals surface area contributed by atoms with Crippen LogP contribution in [0.2, 0.25) is 5.02 Å². The normalized spacial score (nSPS) is 16.4. The molecule has 1 aromatic carbocycles. The third-order valence-electron chi connectivity index (χ3n) is 5.51. The maximum atomic E-state index is 15.0. The van der Waals surface area contributed by atoms with Crippen LogP contribution < -0.4 is 15.8 Å². The number of methoxy groups -OCH3 is 1. The lowest BCUT2D eigenvalue weighted by Crippen LogP contribution is -2.48. The number of aliphatic hydroxyl groups is 1. The van der Waals surface area contributed by atoms with E-state index in [4.69, 9.17) is 27.5 Å². The molecule has 2 aromatic rings. The van der Waals surface area contributed by atoms with E-state index in [-0.39, 0.29) is 33.9 Å². The minimum Gasteiger partial charge on any atom is -0.496 e. The van der Waals surface area contributed by atoms with Gasteiger partial charge in [-0.05, 0) is 19.9 Å². The number of alkyl halides is 2. The van der Waals surface area contributed by atoms with E-state index in [1.807, 2.05) is 4.90 Å². The highest BCUT2D eigenvalue weighted by atomic mass is 35.5. The Morgan fingerprint density at radius 2 is 2.06 bits per heavy atom. The Kier molecular flexibility index (Phi) is 7.65. The molecule has 5 N–H and O–H groups in total. The summed E-state index contributed by atoms with van der Waals surface area (Å²) in [5, 5.41) is 20.1. The number of nitrogens with zero attached hydrogens (tertiary/aromatic N) is 3. The van der Waals surface area contributed by atoms with Crippen LogP contribution in [0.15, 0.2) is 12.4 Å². The van der Waals surface area contributed by atoms with Crippen LogP contribution in [0.3, 0.4) is 0 Å². The first kappa shape index (κ1) is 25.0. The predicted molar refractivity (Wildman–Crippen MR) is 120 cm³/mol. The summed E-state index contributed by atoms with van der Waals surface area (Å²) in [5.74, 6) is -0.817. The average molecular weight is 487 g/mol. The number of β-amino-alcohol motifs (C(OH)–C–C–N with tert-alkyl or cyclic N) is 1. The van der Waals surface area contributed by atoms with E-state index in [9.17, 15) is 13.9 Å². The molecule has 1 aliphatic rings. The topological polar surface area (TPSA) is 120 Å². The Morgan fingerprint density at radius 3 is 2.64 bits per heavy atom. The zero-order valence-electron chi connectivity index (χ0n) is 18.4. The zero-order valence-corrected chi connectivity index (χ0v) is 19.1. The highest BCUT2D eigenvalue weighted by Crippen LogP contribution is 2.43. The molecular weight excluding hydrogens is 461 g/mol. The second kappa shape index (κ2) is 10.1. The van der Waals surface area contributed by atoms with E-state index < -0.39 is 30.1 Å². The number of hydrogen-bond acceptors (Lipinski definition) is 8. The summed E-state index contributed by atoms with van der Waals surface area (Å²) in [6.45, 7) is 4.90. The molecule has 0 amide bonds. The molecule has 1 unspecified atom stereocenters. The molecule has 2 atom stereocenters. The van der Waals surface area contributed by atoms with Gasteiger partial charge in [-0.15, -0.1) is 0 Å². The van der Waals surface area contributed by atoms with Crippen molar-refractivity contribution in [1.82, 2.24) is 14.9 Å². The number of benzene rings is 1. The molecule has 0 saturated carbocycles. The minimum atomic E-state index is -3.07. The maximum Gasteiger partial charge on any atom is 0.280 e. The van der Waals surface area contributed by atoms with Gasteiger partial charge in [-0.25, -0.2) is 23.1 Å². The number of anilines is 2. The van der Waals surface area contributed by atoms with Crippen LogP contribution in [-0.2, 0) is 0 Å². The number of hydrogen-bond donors (Lipinski definition) is 4. The van der Waals surface area contributed by atoms with Gasteiger partial charge in [0, 0.05) is 36.7 Å². The molecule has 8 nitrogen and oxygen atoms in total. The van der Waals surface area contributed by atoms with Crippen molar-refractivity contribution in [3.63, 3.8) is 0 Å². The molecule has 1 aliphatic heterocycles. The van der Waals surface area contributed by atoms with E-state index in [0.29, 0.717) is 30.8 Å². The van der Waals surface area contributed by atoms with E-state index in [0.717, 1.165) is 6.33 Å². The van der Waals surface area contributed by atoms with Crippen LogP contribution in [-0.4, -0.2) is 65.0 Å². The smallest absolute Gasteiger partial charge is 0.280 e. The van der Waals surface area contributed by atoms with E-state index in [1.54, 1.807) is 13.8 Å². The van der Waals surface area contributed by atoms with Crippen molar-refractivity contribution in [2.75, 3.05) is 37.8 Å². The number of halogens is 4. The van der Waals surface area contributed by atoms with Gasteiger partial charge in [0.15, 0.2) is 0 Å². The van der Waals surface area contributed by atoms with E-state index >= 15 is 4.39 Å². The zero-order chi connectivity index (χ0) is 24.4. The van der Waals surface area contributed by atoms with Crippen LogP contribution in [0.1, 0.15) is 42.5 Å². The molecule has 1 fully saturated rings. The lowest BCUT2D eigenvalue weighted by atomic mass is 9.87. The highest BCUT2D eigenvalue weighted by Gasteiger charge is 2.35. The second-order valence-corrected chi connectivity index (χ2v) is 8.44. The molecule has 0 radical (unpaired) electrons. The van der Waals surface area contributed by atoms with Crippen molar-refractivity contribution in [3.8, 4) is 5.75 Å². The molecule has 3 rings (SSSR count). The minimum absolute atomic E-state index is 0.0592. The van der Waals surface area contributed by atoms with Gasteiger partial charge < -0.3 is 20.9 Å². The fourth-order valence-corrected chi connectivity index (χ4v) is 4.22. The number of aliphatic hydroxyl groups excluding tert-OH is 1. The Bertz CT molecular complexity index is 1030. The van der Waals surface area contributed by atoms with Gasteiger partial charge in [0.2, 0.25) is 0 Å². The number of ether oxygens (including phenoxy) is 1. The lowest BCUT2D eigenvalue weighted by molar-refractivity contribution is 0.0724. The fraction of sp³-hybridized carbons (Fsp3) is 0.476. The van der Waals surface area contributed by atoms with Crippen molar-refractivity contribution < 1.29 is 23.0 Å².